The molecule has 3 heterocycles. The van der Waals surface area contributed by atoms with Gasteiger partial charge in [0.2, 0.25) is 5.91 Å². The van der Waals surface area contributed by atoms with E-state index in [0.717, 1.165) is 12.1 Å². The zero-order valence-corrected chi connectivity index (χ0v) is 14.3. The quantitative estimate of drug-likeness (QED) is 0.889. The summed E-state index contributed by atoms with van der Waals surface area (Å²) in [7, 11) is 0. The van der Waals surface area contributed by atoms with E-state index in [2.05, 4.69) is 16.0 Å². The van der Waals surface area contributed by atoms with E-state index in [1.807, 2.05) is 16.3 Å². The Kier molecular flexibility index (Phi) is 5.77. The summed E-state index contributed by atoms with van der Waals surface area (Å²) in [6.45, 7) is 2.42. The first-order valence-electron chi connectivity index (χ1n) is 8.12. The van der Waals surface area contributed by atoms with Crippen molar-refractivity contribution in [1.82, 2.24) is 14.9 Å². The summed E-state index contributed by atoms with van der Waals surface area (Å²) in [4.78, 5) is 33.7. The zero-order chi connectivity index (χ0) is 16.8. The summed E-state index contributed by atoms with van der Waals surface area (Å²) in [6, 6.07) is 5.58. The van der Waals surface area contributed by atoms with Gasteiger partial charge < -0.3 is 14.6 Å². The third kappa shape index (κ3) is 4.75. The van der Waals surface area contributed by atoms with Gasteiger partial charge in [-0.15, -0.1) is 11.3 Å². The lowest BCUT2D eigenvalue weighted by Crippen LogP contribution is -2.36. The fourth-order valence-electron chi connectivity index (χ4n) is 2.89. The van der Waals surface area contributed by atoms with Crippen molar-refractivity contribution in [2.24, 2.45) is 5.92 Å². The van der Waals surface area contributed by atoms with Gasteiger partial charge >= 0.3 is 0 Å². The van der Waals surface area contributed by atoms with Crippen LogP contribution in [0.4, 0.5) is 0 Å². The smallest absolute Gasteiger partial charge is 0.250 e. The first kappa shape index (κ1) is 16.9. The van der Waals surface area contributed by atoms with Crippen LogP contribution in [-0.4, -0.2) is 47.1 Å². The molecule has 0 aromatic carbocycles. The Morgan fingerprint density at radius 2 is 2.42 bits per heavy atom. The molecule has 2 aromatic heterocycles. The van der Waals surface area contributed by atoms with Gasteiger partial charge in [0, 0.05) is 42.1 Å². The highest BCUT2D eigenvalue weighted by molar-refractivity contribution is 7.09. The number of amides is 1. The van der Waals surface area contributed by atoms with Crippen LogP contribution in [0.2, 0.25) is 0 Å². The highest BCUT2D eigenvalue weighted by atomic mass is 32.1. The van der Waals surface area contributed by atoms with Crippen molar-refractivity contribution in [3.05, 3.63) is 50.8 Å². The lowest BCUT2D eigenvalue weighted by molar-refractivity contribution is -0.131. The SMILES string of the molecule is O=C(CCc1cccs1)N1CCOC[C@H](Cc2cc(=O)[nH]cn2)C1. The third-order valence-corrected chi connectivity index (χ3v) is 5.02. The van der Waals surface area contributed by atoms with Gasteiger partial charge in [0.05, 0.1) is 19.5 Å². The summed E-state index contributed by atoms with van der Waals surface area (Å²) in [5.74, 6) is 0.324. The third-order valence-electron chi connectivity index (χ3n) is 4.09. The van der Waals surface area contributed by atoms with Gasteiger partial charge in [-0.3, -0.25) is 9.59 Å². The monoisotopic (exact) mass is 347 g/mol. The molecular formula is C17H21N3O3S. The first-order valence-corrected chi connectivity index (χ1v) is 9.00. The van der Waals surface area contributed by atoms with Crippen molar-refractivity contribution in [2.45, 2.75) is 19.3 Å². The predicted octanol–water partition coefficient (Wildman–Crippen LogP) is 1.48. The Morgan fingerprint density at radius 1 is 1.50 bits per heavy atom. The van der Waals surface area contributed by atoms with E-state index in [1.165, 1.54) is 17.3 Å². The predicted molar refractivity (Wildman–Crippen MR) is 92.1 cm³/mol. The largest absolute Gasteiger partial charge is 0.379 e. The number of carbonyl (C=O) groups excluding carboxylic acids is 1. The van der Waals surface area contributed by atoms with Crippen LogP contribution in [0.15, 0.2) is 34.7 Å². The normalized spacial score (nSPS) is 18.3. The first-order chi connectivity index (χ1) is 11.7. The highest BCUT2D eigenvalue weighted by Gasteiger charge is 2.23. The van der Waals surface area contributed by atoms with Crippen LogP contribution in [0, 0.1) is 5.92 Å². The molecule has 1 saturated heterocycles. The van der Waals surface area contributed by atoms with Gasteiger partial charge in [-0.1, -0.05) is 6.07 Å². The summed E-state index contributed by atoms with van der Waals surface area (Å²) in [5, 5.41) is 2.03. The van der Waals surface area contributed by atoms with Gasteiger partial charge in [-0.05, 0) is 24.3 Å². The minimum atomic E-state index is -0.154. The average molecular weight is 347 g/mol. The second kappa shape index (κ2) is 8.21. The minimum Gasteiger partial charge on any atom is -0.379 e. The molecule has 7 heteroatoms. The Bertz CT molecular complexity index is 714. The number of nitrogens with zero attached hydrogens (tertiary/aromatic N) is 2. The van der Waals surface area contributed by atoms with Crippen LogP contribution >= 0.6 is 11.3 Å². The second-order valence-electron chi connectivity index (χ2n) is 5.97. The van der Waals surface area contributed by atoms with E-state index in [9.17, 15) is 9.59 Å². The van der Waals surface area contributed by atoms with E-state index < -0.39 is 0 Å². The van der Waals surface area contributed by atoms with Crippen LogP contribution in [0.3, 0.4) is 0 Å². The number of aryl methyl sites for hydroxylation is 1. The van der Waals surface area contributed by atoms with Crippen LogP contribution in [0.1, 0.15) is 17.0 Å². The van der Waals surface area contributed by atoms with Gasteiger partial charge in [-0.2, -0.15) is 0 Å². The van der Waals surface area contributed by atoms with Gasteiger partial charge in [0.1, 0.15) is 0 Å². The van der Waals surface area contributed by atoms with E-state index >= 15 is 0 Å². The molecule has 2 aromatic rings. The Balaban J connectivity index is 1.57. The molecule has 1 atom stereocenters. The maximum Gasteiger partial charge on any atom is 0.250 e. The topological polar surface area (TPSA) is 75.3 Å². The number of aromatic nitrogens is 2. The molecule has 1 amide bonds. The number of carbonyl (C=O) groups is 1. The molecule has 0 aliphatic carbocycles. The lowest BCUT2D eigenvalue weighted by atomic mass is 10.0. The number of rotatable bonds is 5. The van der Waals surface area contributed by atoms with Crippen LogP contribution in [-0.2, 0) is 22.4 Å². The van der Waals surface area contributed by atoms with Gasteiger partial charge in [-0.25, -0.2) is 4.98 Å². The van der Waals surface area contributed by atoms with E-state index in [0.29, 0.717) is 39.1 Å². The van der Waals surface area contributed by atoms with Crippen molar-refractivity contribution < 1.29 is 9.53 Å². The number of hydrogen-bond acceptors (Lipinski definition) is 5. The minimum absolute atomic E-state index is 0.154. The average Bonchev–Trinajstić information content (AvgIpc) is 2.98. The number of hydrogen-bond donors (Lipinski definition) is 1. The Labute approximate surface area is 144 Å². The number of thiophene rings is 1. The summed E-state index contributed by atoms with van der Waals surface area (Å²) < 4.78 is 5.63. The molecule has 24 heavy (non-hydrogen) atoms. The molecule has 0 radical (unpaired) electrons. The number of ether oxygens (including phenoxy) is 1. The van der Waals surface area contributed by atoms with E-state index in [-0.39, 0.29) is 17.4 Å². The van der Waals surface area contributed by atoms with Crippen LogP contribution in [0.5, 0.6) is 0 Å². The van der Waals surface area contributed by atoms with Crippen molar-refractivity contribution in [3.8, 4) is 0 Å². The number of H-pyrrole nitrogens is 1. The number of aromatic amines is 1. The zero-order valence-electron chi connectivity index (χ0n) is 13.4. The Morgan fingerprint density at radius 3 is 3.21 bits per heavy atom. The maximum absolute atomic E-state index is 12.5. The Hall–Kier alpha value is -1.99. The van der Waals surface area contributed by atoms with Crippen molar-refractivity contribution in [2.75, 3.05) is 26.3 Å². The summed E-state index contributed by atoms with van der Waals surface area (Å²) in [6.07, 6.45) is 3.36. The van der Waals surface area contributed by atoms with Crippen LogP contribution in [0.25, 0.3) is 0 Å². The maximum atomic E-state index is 12.5. The fraction of sp³-hybridized carbons (Fsp3) is 0.471. The molecule has 0 bridgehead atoms. The van der Waals surface area contributed by atoms with E-state index in [1.54, 1.807) is 11.3 Å². The molecule has 1 N–H and O–H groups in total. The van der Waals surface area contributed by atoms with E-state index in [4.69, 9.17) is 4.74 Å². The molecule has 3 rings (SSSR count). The van der Waals surface area contributed by atoms with Crippen molar-refractivity contribution >= 4 is 17.2 Å². The molecular weight excluding hydrogens is 326 g/mol. The second-order valence-corrected chi connectivity index (χ2v) is 7.00. The van der Waals surface area contributed by atoms with Gasteiger partial charge in [0.25, 0.3) is 5.56 Å². The molecule has 128 valence electrons. The molecule has 0 unspecified atom stereocenters. The molecule has 1 aliphatic rings. The lowest BCUT2D eigenvalue weighted by Gasteiger charge is -2.23. The molecule has 1 aliphatic heterocycles. The summed E-state index contributed by atoms with van der Waals surface area (Å²) in [5.41, 5.74) is 0.582. The number of nitrogens with one attached hydrogen (secondary N) is 1. The molecule has 1 fully saturated rings. The van der Waals surface area contributed by atoms with Crippen molar-refractivity contribution in [1.29, 1.82) is 0 Å². The van der Waals surface area contributed by atoms with Crippen molar-refractivity contribution in [3.63, 3.8) is 0 Å². The van der Waals surface area contributed by atoms with Crippen LogP contribution < -0.4 is 5.56 Å². The molecule has 0 spiro atoms. The fourth-order valence-corrected chi connectivity index (χ4v) is 3.60. The summed E-state index contributed by atoms with van der Waals surface area (Å²) >= 11 is 1.68. The standard InChI is InChI=1S/C17H21N3O3S/c21-16-9-14(18-12-19-16)8-13-10-20(5-6-23-11-13)17(22)4-3-15-2-1-7-24-15/h1-2,7,9,12-13H,3-6,8,10-11H2,(H,18,19,21)/t13-/m1/s1. The molecule has 6 nitrogen and oxygen atoms in total. The van der Waals surface area contributed by atoms with Gasteiger partial charge in [0.15, 0.2) is 0 Å². The molecule has 0 saturated carbocycles. The highest BCUT2D eigenvalue weighted by Crippen LogP contribution is 2.15.